The van der Waals surface area contributed by atoms with Crippen LogP contribution in [0.3, 0.4) is 0 Å². The first-order chi connectivity index (χ1) is 13.5. The zero-order valence-electron chi connectivity index (χ0n) is 17.0. The molecule has 28 heavy (non-hydrogen) atoms. The van der Waals surface area contributed by atoms with Gasteiger partial charge < -0.3 is 14.5 Å². The number of aryl methyl sites for hydroxylation is 3. The van der Waals surface area contributed by atoms with Gasteiger partial charge in [0.05, 0.1) is 7.11 Å². The molecule has 2 aromatic carbocycles. The predicted molar refractivity (Wildman–Crippen MR) is 111 cm³/mol. The highest BCUT2D eigenvalue weighted by Gasteiger charge is 2.13. The van der Waals surface area contributed by atoms with Crippen molar-refractivity contribution in [3.63, 3.8) is 0 Å². The molecule has 0 saturated heterocycles. The van der Waals surface area contributed by atoms with E-state index in [1.54, 1.807) is 13.2 Å². The van der Waals surface area contributed by atoms with E-state index in [1.165, 1.54) is 22.3 Å². The average molecular weight is 377 g/mol. The number of furan rings is 1. The summed E-state index contributed by atoms with van der Waals surface area (Å²) in [5.74, 6) is 1.78. The van der Waals surface area contributed by atoms with E-state index in [1.807, 2.05) is 30.3 Å². The van der Waals surface area contributed by atoms with Crippen LogP contribution >= 0.6 is 0 Å². The van der Waals surface area contributed by atoms with Crippen LogP contribution in [0.4, 0.5) is 0 Å². The van der Waals surface area contributed by atoms with E-state index in [-0.39, 0.29) is 5.91 Å². The van der Waals surface area contributed by atoms with Gasteiger partial charge in [-0.25, -0.2) is 0 Å². The molecule has 4 heteroatoms. The number of nitrogens with one attached hydrogen (secondary N) is 1. The van der Waals surface area contributed by atoms with E-state index < -0.39 is 0 Å². The van der Waals surface area contributed by atoms with Crippen molar-refractivity contribution in [2.24, 2.45) is 0 Å². The second-order valence-electron chi connectivity index (χ2n) is 7.18. The minimum atomic E-state index is -0.188. The molecule has 3 rings (SSSR count). The smallest absolute Gasteiger partial charge is 0.287 e. The largest absolute Gasteiger partial charge is 0.497 e. The predicted octanol–water partition coefficient (Wildman–Crippen LogP) is 4.78. The summed E-state index contributed by atoms with van der Waals surface area (Å²) in [6.45, 7) is 6.87. The summed E-state index contributed by atoms with van der Waals surface area (Å²) < 4.78 is 11.0. The van der Waals surface area contributed by atoms with Gasteiger partial charge in [0.25, 0.3) is 5.91 Å². The molecule has 0 fully saturated rings. The van der Waals surface area contributed by atoms with Crippen LogP contribution in [-0.4, -0.2) is 19.6 Å². The SMILES string of the molecule is COc1cccc(CCNC(=O)c2ccc(Cc3c(C)cc(C)cc3C)o2)c1. The van der Waals surface area contributed by atoms with Crippen LogP contribution in [0.25, 0.3) is 0 Å². The third kappa shape index (κ3) is 4.83. The molecule has 0 atom stereocenters. The van der Waals surface area contributed by atoms with Crippen LogP contribution in [0.15, 0.2) is 52.9 Å². The van der Waals surface area contributed by atoms with E-state index in [0.29, 0.717) is 18.7 Å². The summed E-state index contributed by atoms with van der Waals surface area (Å²) in [6.07, 6.45) is 1.42. The average Bonchev–Trinajstić information content (AvgIpc) is 3.13. The summed E-state index contributed by atoms with van der Waals surface area (Å²) in [7, 11) is 1.65. The van der Waals surface area contributed by atoms with Gasteiger partial charge in [0.2, 0.25) is 0 Å². The van der Waals surface area contributed by atoms with Gasteiger partial charge in [-0.15, -0.1) is 0 Å². The Morgan fingerprint density at radius 1 is 1.04 bits per heavy atom. The number of amides is 1. The number of hydrogen-bond acceptors (Lipinski definition) is 3. The fourth-order valence-electron chi connectivity index (χ4n) is 3.49. The molecule has 4 nitrogen and oxygen atoms in total. The van der Waals surface area contributed by atoms with Crippen molar-refractivity contribution in [2.45, 2.75) is 33.6 Å². The lowest BCUT2D eigenvalue weighted by atomic mass is 9.97. The minimum absolute atomic E-state index is 0.188. The lowest BCUT2D eigenvalue weighted by molar-refractivity contribution is 0.0925. The molecule has 3 aromatic rings. The number of methoxy groups -OCH3 is 1. The first-order valence-electron chi connectivity index (χ1n) is 9.53. The molecule has 1 N–H and O–H groups in total. The highest BCUT2D eigenvalue weighted by molar-refractivity contribution is 5.91. The topological polar surface area (TPSA) is 51.5 Å². The molecule has 1 amide bonds. The quantitative estimate of drug-likeness (QED) is 0.645. The molecule has 0 radical (unpaired) electrons. The Morgan fingerprint density at radius 3 is 2.50 bits per heavy atom. The van der Waals surface area contributed by atoms with Gasteiger partial charge in [-0.2, -0.15) is 0 Å². The molecule has 0 spiro atoms. The zero-order valence-corrected chi connectivity index (χ0v) is 17.0. The van der Waals surface area contributed by atoms with Crippen molar-refractivity contribution in [3.05, 3.63) is 87.9 Å². The minimum Gasteiger partial charge on any atom is -0.497 e. The highest BCUT2D eigenvalue weighted by Crippen LogP contribution is 2.21. The Morgan fingerprint density at radius 2 is 1.79 bits per heavy atom. The second kappa shape index (κ2) is 8.79. The molecule has 146 valence electrons. The van der Waals surface area contributed by atoms with Crippen LogP contribution in [0.1, 0.15) is 44.1 Å². The van der Waals surface area contributed by atoms with Crippen molar-refractivity contribution in [1.29, 1.82) is 0 Å². The van der Waals surface area contributed by atoms with Gasteiger partial charge in [-0.3, -0.25) is 4.79 Å². The lowest BCUT2D eigenvalue weighted by Crippen LogP contribution is -2.25. The first kappa shape index (κ1) is 19.7. The van der Waals surface area contributed by atoms with Crippen LogP contribution in [0.2, 0.25) is 0 Å². The number of benzene rings is 2. The highest BCUT2D eigenvalue weighted by atomic mass is 16.5. The van der Waals surface area contributed by atoms with Crippen LogP contribution in [0.5, 0.6) is 5.75 Å². The Balaban J connectivity index is 1.58. The number of ether oxygens (including phenoxy) is 1. The molecule has 0 saturated carbocycles. The van der Waals surface area contributed by atoms with Crippen molar-refractivity contribution < 1.29 is 13.9 Å². The van der Waals surface area contributed by atoms with Crippen molar-refractivity contribution in [1.82, 2.24) is 5.32 Å². The third-order valence-electron chi connectivity index (χ3n) is 4.91. The standard InChI is InChI=1S/C24H27NO3/c1-16-12-17(2)22(18(3)13-16)15-21-8-9-23(28-21)24(26)25-11-10-19-6-5-7-20(14-19)27-4/h5-9,12-14H,10-11,15H2,1-4H3,(H,25,26). The van der Waals surface area contributed by atoms with Crippen molar-refractivity contribution in [3.8, 4) is 5.75 Å². The monoisotopic (exact) mass is 377 g/mol. The van der Waals surface area contributed by atoms with E-state index in [2.05, 4.69) is 38.2 Å². The number of hydrogen-bond donors (Lipinski definition) is 1. The molecule has 1 heterocycles. The van der Waals surface area contributed by atoms with Crippen LogP contribution in [-0.2, 0) is 12.8 Å². The van der Waals surface area contributed by atoms with Crippen molar-refractivity contribution in [2.75, 3.05) is 13.7 Å². The van der Waals surface area contributed by atoms with Gasteiger partial charge in [0.1, 0.15) is 11.5 Å². The molecule has 0 aliphatic carbocycles. The Kier molecular flexibility index (Phi) is 6.19. The fraction of sp³-hybridized carbons (Fsp3) is 0.292. The number of rotatable bonds is 7. The third-order valence-corrected chi connectivity index (χ3v) is 4.91. The normalized spacial score (nSPS) is 10.7. The van der Waals surface area contributed by atoms with Gasteiger partial charge >= 0.3 is 0 Å². The Bertz CT molecular complexity index is 948. The second-order valence-corrected chi connectivity index (χ2v) is 7.18. The molecular weight excluding hydrogens is 350 g/mol. The van der Waals surface area contributed by atoms with Crippen molar-refractivity contribution >= 4 is 5.91 Å². The first-order valence-corrected chi connectivity index (χ1v) is 9.53. The van der Waals surface area contributed by atoms with Crippen LogP contribution in [0, 0.1) is 20.8 Å². The van der Waals surface area contributed by atoms with Gasteiger partial charge in [-0.1, -0.05) is 29.8 Å². The molecule has 0 aliphatic rings. The van der Waals surface area contributed by atoms with E-state index in [4.69, 9.17) is 9.15 Å². The van der Waals surface area contributed by atoms with Gasteiger partial charge in [0, 0.05) is 13.0 Å². The number of carbonyl (C=O) groups is 1. The fourth-order valence-corrected chi connectivity index (χ4v) is 3.49. The maximum absolute atomic E-state index is 12.4. The van der Waals surface area contributed by atoms with Gasteiger partial charge in [-0.05, 0) is 73.7 Å². The Labute approximate surface area is 166 Å². The maximum Gasteiger partial charge on any atom is 0.287 e. The van der Waals surface area contributed by atoms with E-state index in [0.717, 1.165) is 23.5 Å². The molecular formula is C24H27NO3. The van der Waals surface area contributed by atoms with E-state index in [9.17, 15) is 4.79 Å². The molecule has 0 aliphatic heterocycles. The summed E-state index contributed by atoms with van der Waals surface area (Å²) in [4.78, 5) is 12.4. The van der Waals surface area contributed by atoms with Crippen LogP contribution < -0.4 is 10.1 Å². The molecule has 0 bridgehead atoms. The van der Waals surface area contributed by atoms with Gasteiger partial charge in [0.15, 0.2) is 5.76 Å². The summed E-state index contributed by atoms with van der Waals surface area (Å²) in [5.41, 5.74) is 6.13. The van der Waals surface area contributed by atoms with E-state index >= 15 is 0 Å². The molecule has 0 unspecified atom stereocenters. The summed E-state index contributed by atoms with van der Waals surface area (Å²) in [6, 6.07) is 15.8. The maximum atomic E-state index is 12.4. The summed E-state index contributed by atoms with van der Waals surface area (Å²) >= 11 is 0. The summed E-state index contributed by atoms with van der Waals surface area (Å²) in [5, 5.41) is 2.92. The molecule has 1 aromatic heterocycles. The zero-order chi connectivity index (χ0) is 20.1. The Hall–Kier alpha value is -3.01. The lowest BCUT2D eigenvalue weighted by Gasteiger charge is -2.10. The number of carbonyl (C=O) groups excluding carboxylic acids is 1.